The quantitative estimate of drug-likeness (QED) is 0.844. The molecule has 1 aromatic rings. The Bertz CT molecular complexity index is 468. The van der Waals surface area contributed by atoms with Gasteiger partial charge in [-0.05, 0) is 18.1 Å². The van der Waals surface area contributed by atoms with Crippen LogP contribution in [0.4, 0.5) is 0 Å². The lowest BCUT2D eigenvalue weighted by atomic mass is 10.1. The van der Waals surface area contributed by atoms with E-state index in [0.717, 1.165) is 22.4 Å². The van der Waals surface area contributed by atoms with Gasteiger partial charge in [0.05, 0.1) is 0 Å². The summed E-state index contributed by atoms with van der Waals surface area (Å²) in [5.41, 5.74) is 0.992. The third-order valence-electron chi connectivity index (χ3n) is 2.55. The number of aliphatic imine (C=N–C) groups is 1. The monoisotopic (exact) mass is 294 g/mol. The molecule has 3 nitrogen and oxygen atoms in total. The molecule has 0 saturated heterocycles. The minimum Gasteiger partial charge on any atom is -0.295 e. The van der Waals surface area contributed by atoms with Crippen molar-refractivity contribution in [2.75, 3.05) is 13.1 Å². The number of hydrogen-bond acceptors (Lipinski definition) is 2. The van der Waals surface area contributed by atoms with Crippen LogP contribution in [0.5, 0.6) is 0 Å². The van der Waals surface area contributed by atoms with Crippen LogP contribution in [0.1, 0.15) is 19.4 Å². The average Bonchev–Trinajstić information content (AvgIpc) is 2.60. The van der Waals surface area contributed by atoms with Gasteiger partial charge in [-0.15, -0.1) is 0 Å². The number of amidine groups is 1. The third-order valence-corrected chi connectivity index (χ3v) is 3.04. The summed E-state index contributed by atoms with van der Waals surface area (Å²) in [4.78, 5) is 17.9. The van der Waals surface area contributed by atoms with E-state index in [4.69, 9.17) is 0 Å². The van der Waals surface area contributed by atoms with Crippen molar-refractivity contribution in [3.63, 3.8) is 0 Å². The fourth-order valence-corrected chi connectivity index (χ4v) is 2.26. The first kappa shape index (κ1) is 12.3. The standard InChI is InChI=1S/C13H15BrN2O/c1-9(2)8-16-12(17)7-15-13(16)10-4-3-5-11(14)6-10/h3-6,9H,7-8H2,1-2H3. The lowest BCUT2D eigenvalue weighted by Gasteiger charge is -2.20. The molecule has 1 amide bonds. The van der Waals surface area contributed by atoms with Gasteiger partial charge in [0.25, 0.3) is 0 Å². The summed E-state index contributed by atoms with van der Waals surface area (Å²) in [6, 6.07) is 7.90. The van der Waals surface area contributed by atoms with E-state index in [1.807, 2.05) is 24.3 Å². The maximum atomic E-state index is 11.8. The molecule has 17 heavy (non-hydrogen) atoms. The smallest absolute Gasteiger partial charge is 0.249 e. The summed E-state index contributed by atoms with van der Waals surface area (Å²) in [5, 5.41) is 0. The first-order valence-electron chi connectivity index (χ1n) is 5.68. The van der Waals surface area contributed by atoms with Gasteiger partial charge in [-0.25, -0.2) is 0 Å². The van der Waals surface area contributed by atoms with Crippen LogP contribution in [-0.2, 0) is 4.79 Å². The fraction of sp³-hybridized carbons (Fsp3) is 0.385. The molecule has 1 aliphatic rings. The van der Waals surface area contributed by atoms with Gasteiger partial charge >= 0.3 is 0 Å². The molecule has 0 bridgehead atoms. The van der Waals surface area contributed by atoms with E-state index in [0.29, 0.717) is 5.92 Å². The minimum absolute atomic E-state index is 0.0914. The zero-order chi connectivity index (χ0) is 12.4. The van der Waals surface area contributed by atoms with Crippen molar-refractivity contribution < 1.29 is 4.79 Å². The van der Waals surface area contributed by atoms with Gasteiger partial charge in [0.15, 0.2) is 0 Å². The molecule has 0 N–H and O–H groups in total. The zero-order valence-corrected chi connectivity index (χ0v) is 11.6. The summed E-state index contributed by atoms with van der Waals surface area (Å²) in [5.74, 6) is 1.33. The van der Waals surface area contributed by atoms with Crippen LogP contribution in [-0.4, -0.2) is 29.7 Å². The van der Waals surface area contributed by atoms with Gasteiger partial charge in [-0.3, -0.25) is 14.7 Å². The van der Waals surface area contributed by atoms with Gasteiger partial charge < -0.3 is 0 Å². The molecule has 90 valence electrons. The van der Waals surface area contributed by atoms with E-state index in [1.54, 1.807) is 4.90 Å². The van der Waals surface area contributed by atoms with Crippen LogP contribution in [0.3, 0.4) is 0 Å². The lowest BCUT2D eigenvalue weighted by Crippen LogP contribution is -2.36. The number of carbonyl (C=O) groups is 1. The number of benzene rings is 1. The van der Waals surface area contributed by atoms with E-state index >= 15 is 0 Å². The van der Waals surface area contributed by atoms with Gasteiger partial charge in [0.1, 0.15) is 12.4 Å². The second kappa shape index (κ2) is 5.00. The minimum atomic E-state index is 0.0914. The van der Waals surface area contributed by atoms with Crippen LogP contribution in [0.25, 0.3) is 0 Å². The highest BCUT2D eigenvalue weighted by Crippen LogP contribution is 2.18. The Morgan fingerprint density at radius 3 is 2.88 bits per heavy atom. The number of carbonyl (C=O) groups excluding carboxylic acids is 1. The van der Waals surface area contributed by atoms with Crippen LogP contribution < -0.4 is 0 Å². The summed E-state index contributed by atoms with van der Waals surface area (Å²) in [6.07, 6.45) is 0. The molecule has 1 aliphatic heterocycles. The molecule has 4 heteroatoms. The average molecular weight is 295 g/mol. The van der Waals surface area contributed by atoms with Gasteiger partial charge in [-0.1, -0.05) is 41.9 Å². The summed E-state index contributed by atoms with van der Waals surface area (Å²) in [7, 11) is 0. The Morgan fingerprint density at radius 2 is 2.24 bits per heavy atom. The molecule has 1 aromatic carbocycles. The Kier molecular flexibility index (Phi) is 3.62. The van der Waals surface area contributed by atoms with Crippen LogP contribution in [0, 0.1) is 5.92 Å². The third kappa shape index (κ3) is 2.75. The highest BCUT2D eigenvalue weighted by atomic mass is 79.9. The maximum Gasteiger partial charge on any atom is 0.249 e. The molecule has 0 saturated carbocycles. The molecule has 0 aliphatic carbocycles. The van der Waals surface area contributed by atoms with E-state index in [1.165, 1.54) is 0 Å². The van der Waals surface area contributed by atoms with E-state index in [-0.39, 0.29) is 12.5 Å². The zero-order valence-electron chi connectivity index (χ0n) is 9.98. The van der Waals surface area contributed by atoms with Crippen molar-refractivity contribution >= 4 is 27.7 Å². The van der Waals surface area contributed by atoms with Crippen molar-refractivity contribution in [2.24, 2.45) is 10.9 Å². The van der Waals surface area contributed by atoms with Gasteiger partial charge in [0, 0.05) is 16.6 Å². The molecule has 0 spiro atoms. The summed E-state index contributed by atoms with van der Waals surface area (Å²) < 4.78 is 1.00. The number of rotatable bonds is 3. The topological polar surface area (TPSA) is 32.7 Å². The van der Waals surface area contributed by atoms with Crippen molar-refractivity contribution in [3.8, 4) is 0 Å². The van der Waals surface area contributed by atoms with E-state index < -0.39 is 0 Å². The SMILES string of the molecule is CC(C)CN1C(=O)CN=C1c1cccc(Br)c1. The number of halogens is 1. The molecule has 2 rings (SSSR count). The molecule has 0 fully saturated rings. The highest BCUT2D eigenvalue weighted by Gasteiger charge is 2.26. The van der Waals surface area contributed by atoms with E-state index in [2.05, 4.69) is 34.8 Å². The van der Waals surface area contributed by atoms with Crippen LogP contribution >= 0.6 is 15.9 Å². The lowest BCUT2D eigenvalue weighted by molar-refractivity contribution is -0.125. The van der Waals surface area contributed by atoms with Gasteiger partial charge in [0.2, 0.25) is 5.91 Å². The van der Waals surface area contributed by atoms with Crippen molar-refractivity contribution in [2.45, 2.75) is 13.8 Å². The summed E-state index contributed by atoms with van der Waals surface area (Å²) >= 11 is 3.44. The molecular formula is C13H15BrN2O. The Balaban J connectivity index is 2.28. The first-order chi connectivity index (χ1) is 8.08. The number of hydrogen-bond donors (Lipinski definition) is 0. The molecule has 0 aromatic heterocycles. The highest BCUT2D eigenvalue weighted by molar-refractivity contribution is 9.10. The number of amides is 1. The Morgan fingerprint density at radius 1 is 1.47 bits per heavy atom. The van der Waals surface area contributed by atoms with Crippen LogP contribution in [0.15, 0.2) is 33.7 Å². The largest absolute Gasteiger partial charge is 0.295 e. The second-order valence-corrected chi connectivity index (χ2v) is 5.46. The molecule has 0 unspecified atom stereocenters. The van der Waals surface area contributed by atoms with Gasteiger partial charge in [-0.2, -0.15) is 0 Å². The van der Waals surface area contributed by atoms with Crippen molar-refractivity contribution in [1.29, 1.82) is 0 Å². The molecule has 0 radical (unpaired) electrons. The van der Waals surface area contributed by atoms with Crippen molar-refractivity contribution in [1.82, 2.24) is 4.90 Å². The predicted molar refractivity (Wildman–Crippen MR) is 72.1 cm³/mol. The predicted octanol–water partition coefficient (Wildman–Crippen LogP) is 2.69. The summed E-state index contributed by atoms with van der Waals surface area (Å²) in [6.45, 7) is 5.20. The first-order valence-corrected chi connectivity index (χ1v) is 6.48. The normalized spacial score (nSPS) is 15.6. The maximum absolute atomic E-state index is 11.8. The molecule has 1 heterocycles. The number of nitrogens with zero attached hydrogens (tertiary/aromatic N) is 2. The second-order valence-electron chi connectivity index (χ2n) is 4.55. The van der Waals surface area contributed by atoms with E-state index in [9.17, 15) is 4.79 Å². The molecule has 0 atom stereocenters. The fourth-order valence-electron chi connectivity index (χ4n) is 1.86. The van der Waals surface area contributed by atoms with Crippen LogP contribution in [0.2, 0.25) is 0 Å². The molecular weight excluding hydrogens is 280 g/mol. The van der Waals surface area contributed by atoms with Crippen molar-refractivity contribution in [3.05, 3.63) is 34.3 Å². The Labute approximate surface area is 110 Å². The Hall–Kier alpha value is -1.16.